The van der Waals surface area contributed by atoms with Crippen LogP contribution in [0.5, 0.6) is 0 Å². The van der Waals surface area contributed by atoms with Gasteiger partial charge in [0.1, 0.15) is 11.6 Å². The molecule has 2 aromatic heterocycles. The highest BCUT2D eigenvalue weighted by atomic mass is 19.1. The Hall–Kier alpha value is -4.28. The van der Waals surface area contributed by atoms with Gasteiger partial charge in [-0.25, -0.2) is 14.0 Å². The van der Waals surface area contributed by atoms with Gasteiger partial charge in [0, 0.05) is 44.6 Å². The summed E-state index contributed by atoms with van der Waals surface area (Å²) >= 11 is 0. The fraction of sp³-hybridized carbons (Fsp3) is 0.393. The summed E-state index contributed by atoms with van der Waals surface area (Å²) in [5.74, 6) is 0.116. The molecule has 4 rings (SSSR count). The number of urea groups is 1. The van der Waals surface area contributed by atoms with Gasteiger partial charge in [0.15, 0.2) is 5.76 Å². The van der Waals surface area contributed by atoms with E-state index in [9.17, 15) is 18.8 Å². The van der Waals surface area contributed by atoms with Crippen molar-refractivity contribution in [3.8, 4) is 0 Å². The van der Waals surface area contributed by atoms with E-state index in [4.69, 9.17) is 9.15 Å². The fourth-order valence-electron chi connectivity index (χ4n) is 4.43. The van der Waals surface area contributed by atoms with E-state index in [2.05, 4.69) is 5.32 Å². The molecule has 10 nitrogen and oxygen atoms in total. The summed E-state index contributed by atoms with van der Waals surface area (Å²) in [7, 11) is 0. The second-order valence-corrected chi connectivity index (χ2v) is 9.20. The first-order valence-electron chi connectivity index (χ1n) is 13.1. The third-order valence-corrected chi connectivity index (χ3v) is 6.46. The van der Waals surface area contributed by atoms with Crippen LogP contribution in [0, 0.1) is 5.82 Å². The van der Waals surface area contributed by atoms with Crippen LogP contribution < -0.4 is 5.32 Å². The lowest BCUT2D eigenvalue weighted by molar-refractivity contribution is 0.0545. The van der Waals surface area contributed by atoms with Crippen LogP contribution >= 0.6 is 0 Å². The highest BCUT2D eigenvalue weighted by molar-refractivity contribution is 5.91. The minimum atomic E-state index is -0.491. The Kier molecular flexibility index (Phi) is 9.24. The summed E-state index contributed by atoms with van der Waals surface area (Å²) in [5, 5.41) is 2.65. The van der Waals surface area contributed by atoms with Crippen LogP contribution in [0.4, 0.5) is 19.7 Å². The summed E-state index contributed by atoms with van der Waals surface area (Å²) in [6.45, 7) is 6.85. The van der Waals surface area contributed by atoms with Gasteiger partial charge in [0.25, 0.3) is 5.91 Å². The van der Waals surface area contributed by atoms with Crippen LogP contribution in [0.2, 0.25) is 0 Å². The molecule has 11 heteroatoms. The van der Waals surface area contributed by atoms with E-state index in [1.54, 1.807) is 45.9 Å². The Morgan fingerprint density at radius 2 is 1.74 bits per heavy atom. The normalized spacial score (nSPS) is 13.3. The molecule has 4 amide bonds. The molecule has 0 saturated carbocycles. The van der Waals surface area contributed by atoms with Gasteiger partial charge in [0.05, 0.1) is 25.4 Å². The van der Waals surface area contributed by atoms with Crippen LogP contribution in [0.3, 0.4) is 0 Å². The second kappa shape index (κ2) is 13.0. The van der Waals surface area contributed by atoms with E-state index >= 15 is 0 Å². The lowest BCUT2D eigenvalue weighted by atomic mass is 10.3. The van der Waals surface area contributed by atoms with Crippen LogP contribution in [-0.4, -0.2) is 76.6 Å². The van der Waals surface area contributed by atoms with Gasteiger partial charge in [-0.05, 0) is 49.7 Å². The summed E-state index contributed by atoms with van der Waals surface area (Å²) in [5.41, 5.74) is 1.00. The number of piperazine rings is 1. The minimum Gasteiger partial charge on any atom is -0.454 e. The molecular weight excluding hydrogens is 505 g/mol. The lowest BCUT2D eigenvalue weighted by Gasteiger charge is -2.33. The molecule has 0 aliphatic carbocycles. The van der Waals surface area contributed by atoms with Crippen molar-refractivity contribution in [1.29, 1.82) is 0 Å². The van der Waals surface area contributed by atoms with Crippen molar-refractivity contribution in [1.82, 2.24) is 19.3 Å². The zero-order chi connectivity index (χ0) is 27.8. The Bertz CT molecular complexity index is 1280. The number of ether oxygens (including phenoxy) is 1. The van der Waals surface area contributed by atoms with E-state index in [1.807, 2.05) is 29.8 Å². The standard InChI is InChI=1S/C28H34FN5O5/c1-3-13-34(27(36)30-24-10-6-5-9-23(24)29)19-21-8-7-14-33(21)20-22-11-12-25(39-22)26(35)31-15-17-32(18-16-31)28(37)38-4-2/h5-12,14H,3-4,13,15-20H2,1-2H3,(H,30,36). The van der Waals surface area contributed by atoms with Crippen molar-refractivity contribution in [2.24, 2.45) is 0 Å². The van der Waals surface area contributed by atoms with Gasteiger partial charge >= 0.3 is 12.1 Å². The Labute approximate surface area is 226 Å². The maximum absolute atomic E-state index is 14.0. The van der Waals surface area contributed by atoms with Gasteiger partial charge in [-0.15, -0.1) is 0 Å². The zero-order valence-corrected chi connectivity index (χ0v) is 22.3. The molecule has 1 aliphatic rings. The molecule has 0 unspecified atom stereocenters. The van der Waals surface area contributed by atoms with Crippen molar-refractivity contribution in [3.63, 3.8) is 0 Å². The summed E-state index contributed by atoms with van der Waals surface area (Å²) in [4.78, 5) is 42.7. The van der Waals surface area contributed by atoms with Crippen LogP contribution in [-0.2, 0) is 17.8 Å². The van der Waals surface area contributed by atoms with Crippen molar-refractivity contribution in [3.05, 3.63) is 77.8 Å². The van der Waals surface area contributed by atoms with Gasteiger partial charge in [-0.3, -0.25) is 4.79 Å². The average molecular weight is 540 g/mol. The molecule has 1 N–H and O–H groups in total. The Morgan fingerprint density at radius 3 is 2.46 bits per heavy atom. The molecule has 208 valence electrons. The SMILES string of the molecule is CCCN(Cc1cccn1Cc1ccc(C(=O)N2CCN(C(=O)OCC)CC2)o1)C(=O)Nc1ccccc1F. The minimum absolute atomic E-state index is 0.133. The highest BCUT2D eigenvalue weighted by Gasteiger charge is 2.27. The van der Waals surface area contributed by atoms with Crippen LogP contribution in [0.25, 0.3) is 0 Å². The topological polar surface area (TPSA) is 100 Å². The largest absolute Gasteiger partial charge is 0.454 e. The summed E-state index contributed by atoms with van der Waals surface area (Å²) in [6, 6.07) is 12.9. The maximum Gasteiger partial charge on any atom is 0.409 e. The molecule has 1 aromatic carbocycles. The number of aromatic nitrogens is 1. The predicted molar refractivity (Wildman–Crippen MR) is 143 cm³/mol. The zero-order valence-electron chi connectivity index (χ0n) is 22.3. The monoisotopic (exact) mass is 539 g/mol. The number of furan rings is 1. The average Bonchev–Trinajstić information content (AvgIpc) is 3.59. The first-order valence-corrected chi connectivity index (χ1v) is 13.1. The molecule has 0 atom stereocenters. The van der Waals surface area contributed by atoms with Crippen LogP contribution in [0.1, 0.15) is 42.3 Å². The molecule has 1 fully saturated rings. The number of carbonyl (C=O) groups excluding carboxylic acids is 3. The third kappa shape index (κ3) is 6.98. The van der Waals surface area contributed by atoms with Gasteiger partial charge < -0.3 is 33.7 Å². The number of nitrogens with zero attached hydrogens (tertiary/aromatic N) is 4. The molecule has 0 radical (unpaired) electrons. The third-order valence-electron chi connectivity index (χ3n) is 6.46. The predicted octanol–water partition coefficient (Wildman–Crippen LogP) is 4.63. The van der Waals surface area contributed by atoms with Gasteiger partial charge in [-0.1, -0.05) is 19.1 Å². The summed E-state index contributed by atoms with van der Waals surface area (Å²) < 4.78 is 26.9. The van der Waals surface area contributed by atoms with E-state index in [1.165, 1.54) is 12.1 Å². The number of para-hydroxylation sites is 1. The number of nitrogens with one attached hydrogen (secondary N) is 1. The highest BCUT2D eigenvalue weighted by Crippen LogP contribution is 2.18. The van der Waals surface area contributed by atoms with E-state index in [-0.39, 0.29) is 29.5 Å². The van der Waals surface area contributed by atoms with E-state index < -0.39 is 5.82 Å². The van der Waals surface area contributed by atoms with Crippen LogP contribution in [0.15, 0.2) is 59.1 Å². The number of rotatable bonds is 9. The number of halogens is 1. The number of hydrogen-bond acceptors (Lipinski definition) is 5. The first-order chi connectivity index (χ1) is 18.9. The molecule has 1 aliphatic heterocycles. The number of amides is 4. The Morgan fingerprint density at radius 1 is 1.00 bits per heavy atom. The van der Waals surface area contributed by atoms with Crippen molar-refractivity contribution in [2.45, 2.75) is 33.4 Å². The second-order valence-electron chi connectivity index (χ2n) is 9.20. The molecule has 0 bridgehead atoms. The lowest BCUT2D eigenvalue weighted by Crippen LogP contribution is -2.50. The molecular formula is C28H34FN5O5. The summed E-state index contributed by atoms with van der Waals surface area (Å²) in [6.07, 6.45) is 2.25. The van der Waals surface area contributed by atoms with Crippen molar-refractivity contribution in [2.75, 3.05) is 44.6 Å². The fourth-order valence-corrected chi connectivity index (χ4v) is 4.43. The molecule has 39 heavy (non-hydrogen) atoms. The van der Waals surface area contributed by atoms with Gasteiger partial charge in [-0.2, -0.15) is 0 Å². The molecule has 1 saturated heterocycles. The smallest absolute Gasteiger partial charge is 0.409 e. The van der Waals surface area contributed by atoms with E-state index in [0.29, 0.717) is 58.2 Å². The Balaban J connectivity index is 1.36. The first kappa shape index (κ1) is 27.7. The number of benzene rings is 1. The van der Waals surface area contributed by atoms with Gasteiger partial charge in [0.2, 0.25) is 0 Å². The quantitative estimate of drug-likeness (QED) is 0.428. The van der Waals surface area contributed by atoms with Crippen molar-refractivity contribution >= 4 is 23.7 Å². The number of hydrogen-bond donors (Lipinski definition) is 1. The maximum atomic E-state index is 14.0. The number of anilines is 1. The number of carbonyl (C=O) groups is 3. The molecule has 3 aromatic rings. The van der Waals surface area contributed by atoms with Crippen molar-refractivity contribution < 1.29 is 27.9 Å². The molecule has 0 spiro atoms. The molecule has 3 heterocycles. The van der Waals surface area contributed by atoms with E-state index in [0.717, 1.165) is 12.1 Å².